The molecule has 2 aromatic heterocycles. The monoisotopic (exact) mass is 283 g/mol. The fourth-order valence-electron chi connectivity index (χ4n) is 2.74. The van der Waals surface area contributed by atoms with Gasteiger partial charge in [-0.15, -0.1) is 0 Å². The minimum Gasteiger partial charge on any atom is -0.225 e. The molecular formula is C17H19N2S+. The van der Waals surface area contributed by atoms with E-state index in [1.54, 1.807) is 11.3 Å². The predicted octanol–water partition coefficient (Wildman–Crippen LogP) is 4.02. The molecule has 0 unspecified atom stereocenters. The molecule has 0 aliphatic carbocycles. The highest BCUT2D eigenvalue weighted by molar-refractivity contribution is 7.18. The van der Waals surface area contributed by atoms with Crippen molar-refractivity contribution in [2.24, 2.45) is 7.05 Å². The van der Waals surface area contributed by atoms with Crippen LogP contribution in [0.5, 0.6) is 0 Å². The molecule has 0 bridgehead atoms. The third kappa shape index (κ3) is 2.02. The van der Waals surface area contributed by atoms with Gasteiger partial charge < -0.3 is 0 Å². The molecule has 3 aromatic rings. The second-order valence-electron chi connectivity index (χ2n) is 5.45. The van der Waals surface area contributed by atoms with E-state index in [9.17, 15) is 0 Å². The van der Waals surface area contributed by atoms with Crippen LogP contribution in [0, 0.1) is 27.7 Å². The molecule has 0 saturated heterocycles. The van der Waals surface area contributed by atoms with Crippen molar-refractivity contribution >= 4 is 21.7 Å². The minimum atomic E-state index is 1.07. The summed E-state index contributed by atoms with van der Waals surface area (Å²) in [6.07, 6.45) is 0. The molecule has 0 atom stereocenters. The maximum Gasteiger partial charge on any atom is 0.341 e. The molecular weight excluding hydrogens is 264 g/mol. The lowest BCUT2D eigenvalue weighted by atomic mass is 9.97. The number of aryl methyl sites for hydroxylation is 4. The lowest BCUT2D eigenvalue weighted by Gasteiger charge is -2.11. The van der Waals surface area contributed by atoms with Crippen molar-refractivity contribution in [1.82, 2.24) is 4.98 Å². The van der Waals surface area contributed by atoms with E-state index in [1.807, 2.05) is 0 Å². The van der Waals surface area contributed by atoms with Gasteiger partial charge in [-0.05, 0) is 55.1 Å². The van der Waals surface area contributed by atoms with Crippen LogP contribution in [0.25, 0.3) is 21.6 Å². The average Bonchev–Trinajstić information content (AvgIpc) is 2.76. The first kappa shape index (κ1) is 13.3. The molecule has 1 aromatic carbocycles. The van der Waals surface area contributed by atoms with Crippen molar-refractivity contribution in [3.63, 3.8) is 0 Å². The number of nitrogens with zero attached hydrogens (tertiary/aromatic N) is 2. The number of thiazole rings is 1. The first-order valence-electron chi connectivity index (χ1n) is 6.82. The second-order valence-corrected chi connectivity index (χ2v) is 6.69. The van der Waals surface area contributed by atoms with Gasteiger partial charge in [-0.25, -0.2) is 4.57 Å². The summed E-state index contributed by atoms with van der Waals surface area (Å²) in [6, 6.07) is 8.90. The molecule has 0 fully saturated rings. The van der Waals surface area contributed by atoms with Crippen molar-refractivity contribution in [1.29, 1.82) is 0 Å². The smallest absolute Gasteiger partial charge is 0.225 e. The maximum absolute atomic E-state index is 4.65. The van der Waals surface area contributed by atoms with Gasteiger partial charge in [0.25, 0.3) is 0 Å². The molecule has 0 saturated carbocycles. The first-order chi connectivity index (χ1) is 9.47. The standard InChI is InChI=1S/C17H19N2S/c1-10-8-11(2)12(3)14(9-10)15-6-7-16-17(19(15)5)18-13(4)20-16/h6-9H,1-5H3/q+1. The van der Waals surface area contributed by atoms with Crippen LogP contribution in [-0.2, 0) is 7.05 Å². The molecule has 3 rings (SSSR count). The summed E-state index contributed by atoms with van der Waals surface area (Å²) < 4.78 is 3.45. The first-order valence-corrected chi connectivity index (χ1v) is 7.63. The van der Waals surface area contributed by atoms with Gasteiger partial charge in [0, 0.05) is 12.5 Å². The topological polar surface area (TPSA) is 16.8 Å². The Hall–Kier alpha value is -1.74. The number of aromatic nitrogens is 2. The molecule has 0 amide bonds. The van der Waals surface area contributed by atoms with Crippen molar-refractivity contribution in [3.05, 3.63) is 46.0 Å². The van der Waals surface area contributed by atoms with Crippen LogP contribution >= 0.6 is 11.3 Å². The van der Waals surface area contributed by atoms with E-state index in [0.717, 1.165) is 10.7 Å². The van der Waals surface area contributed by atoms with Crippen LogP contribution < -0.4 is 4.57 Å². The summed E-state index contributed by atoms with van der Waals surface area (Å²) in [7, 11) is 2.11. The van der Waals surface area contributed by atoms with E-state index < -0.39 is 0 Å². The zero-order valence-electron chi connectivity index (χ0n) is 12.6. The van der Waals surface area contributed by atoms with E-state index >= 15 is 0 Å². The molecule has 0 aliphatic heterocycles. The maximum atomic E-state index is 4.65. The highest BCUT2D eigenvalue weighted by Gasteiger charge is 2.18. The second kappa shape index (κ2) is 4.67. The minimum absolute atomic E-state index is 1.07. The fraction of sp³-hybridized carbons (Fsp3) is 0.294. The molecule has 20 heavy (non-hydrogen) atoms. The Balaban J connectivity index is 2.32. The van der Waals surface area contributed by atoms with Gasteiger partial charge in [0.15, 0.2) is 0 Å². The van der Waals surface area contributed by atoms with Gasteiger partial charge in [0.2, 0.25) is 5.01 Å². The summed E-state index contributed by atoms with van der Waals surface area (Å²) >= 11 is 1.75. The van der Waals surface area contributed by atoms with Gasteiger partial charge in [-0.1, -0.05) is 23.0 Å². The Morgan fingerprint density at radius 3 is 2.55 bits per heavy atom. The Labute approximate surface area is 123 Å². The van der Waals surface area contributed by atoms with Gasteiger partial charge in [-0.2, -0.15) is 0 Å². The van der Waals surface area contributed by atoms with Gasteiger partial charge >= 0.3 is 5.65 Å². The molecule has 0 radical (unpaired) electrons. The summed E-state index contributed by atoms with van der Waals surface area (Å²) in [5.74, 6) is 0. The number of hydrogen-bond acceptors (Lipinski definition) is 2. The third-order valence-corrected chi connectivity index (χ3v) is 4.83. The Morgan fingerprint density at radius 2 is 1.80 bits per heavy atom. The number of benzene rings is 1. The highest BCUT2D eigenvalue weighted by Crippen LogP contribution is 2.27. The Morgan fingerprint density at radius 1 is 1.05 bits per heavy atom. The average molecular weight is 283 g/mol. The van der Waals surface area contributed by atoms with Crippen LogP contribution in [-0.4, -0.2) is 4.98 Å². The van der Waals surface area contributed by atoms with Gasteiger partial charge in [-0.3, -0.25) is 0 Å². The zero-order valence-corrected chi connectivity index (χ0v) is 13.4. The molecule has 0 spiro atoms. The van der Waals surface area contributed by atoms with Crippen molar-refractivity contribution in [3.8, 4) is 11.3 Å². The van der Waals surface area contributed by atoms with Crippen LogP contribution in [0.15, 0.2) is 24.3 Å². The summed E-state index contributed by atoms with van der Waals surface area (Å²) in [5.41, 5.74) is 7.60. The Bertz CT molecular complexity index is 815. The van der Waals surface area contributed by atoms with Crippen LogP contribution in [0.2, 0.25) is 0 Å². The lowest BCUT2D eigenvalue weighted by Crippen LogP contribution is -2.32. The number of pyridine rings is 1. The molecule has 0 aliphatic rings. The normalized spacial score (nSPS) is 11.2. The van der Waals surface area contributed by atoms with E-state index in [0.29, 0.717) is 0 Å². The van der Waals surface area contributed by atoms with Crippen molar-refractivity contribution in [2.75, 3.05) is 0 Å². The van der Waals surface area contributed by atoms with E-state index in [2.05, 4.69) is 68.6 Å². The van der Waals surface area contributed by atoms with Crippen LogP contribution in [0.1, 0.15) is 21.7 Å². The summed E-state index contributed by atoms with van der Waals surface area (Å²) in [6.45, 7) is 8.59. The molecule has 102 valence electrons. The van der Waals surface area contributed by atoms with Crippen molar-refractivity contribution in [2.45, 2.75) is 27.7 Å². The van der Waals surface area contributed by atoms with E-state index in [-0.39, 0.29) is 0 Å². The molecule has 0 N–H and O–H groups in total. The summed E-state index contributed by atoms with van der Waals surface area (Å²) in [5, 5.41) is 1.12. The molecule has 2 heterocycles. The zero-order chi connectivity index (χ0) is 14.4. The van der Waals surface area contributed by atoms with E-state index in [1.165, 1.54) is 32.6 Å². The largest absolute Gasteiger partial charge is 0.341 e. The Kier molecular flexibility index (Phi) is 3.09. The van der Waals surface area contributed by atoms with Gasteiger partial charge in [0.05, 0.1) is 7.05 Å². The van der Waals surface area contributed by atoms with E-state index in [4.69, 9.17) is 0 Å². The SMILES string of the molecule is Cc1cc(C)c(C)c(-c2ccc3sc(C)nc3[n+]2C)c1. The predicted molar refractivity (Wildman–Crippen MR) is 85.2 cm³/mol. The fourth-order valence-corrected chi connectivity index (χ4v) is 3.60. The van der Waals surface area contributed by atoms with Gasteiger partial charge in [0.1, 0.15) is 10.4 Å². The van der Waals surface area contributed by atoms with Crippen LogP contribution in [0.3, 0.4) is 0 Å². The third-order valence-electron chi connectivity index (χ3n) is 3.90. The quantitative estimate of drug-likeness (QED) is 0.616. The number of hydrogen-bond donors (Lipinski definition) is 0. The number of rotatable bonds is 1. The molecule has 2 nitrogen and oxygen atoms in total. The lowest BCUT2D eigenvalue weighted by molar-refractivity contribution is -0.635. The molecule has 3 heteroatoms. The number of fused-ring (bicyclic) bond motifs is 1. The van der Waals surface area contributed by atoms with Crippen molar-refractivity contribution < 1.29 is 4.57 Å². The highest BCUT2D eigenvalue weighted by atomic mass is 32.1. The summed E-state index contributed by atoms with van der Waals surface area (Å²) in [4.78, 5) is 4.65. The van der Waals surface area contributed by atoms with Crippen LogP contribution in [0.4, 0.5) is 0 Å².